The molecule has 2 nitrogen and oxygen atoms in total. The molecule has 12 heavy (non-hydrogen) atoms. The van der Waals surface area contributed by atoms with Gasteiger partial charge < -0.3 is 9.47 Å². The second-order valence-corrected chi connectivity index (χ2v) is 4.71. The number of thioether (sulfide) groups is 1. The average Bonchev–Trinajstić information content (AvgIpc) is 2.31. The minimum absolute atomic E-state index is 0.285. The first kappa shape index (κ1) is 10.4. The fourth-order valence-corrected chi connectivity index (χ4v) is 2.11. The molecule has 0 spiro atoms. The van der Waals surface area contributed by atoms with Crippen LogP contribution in [0.3, 0.4) is 0 Å². The van der Waals surface area contributed by atoms with Gasteiger partial charge in [-0.25, -0.2) is 0 Å². The number of hydrogen-bond donors (Lipinski definition) is 0. The second-order valence-electron chi connectivity index (χ2n) is 3.80. The van der Waals surface area contributed by atoms with Crippen molar-refractivity contribution in [1.29, 1.82) is 0 Å². The van der Waals surface area contributed by atoms with Crippen molar-refractivity contribution in [3.05, 3.63) is 0 Å². The molecule has 0 saturated carbocycles. The predicted octanol–water partition coefficient (Wildman–Crippen LogP) is 2.14. The Bertz CT molecular complexity index is 147. The van der Waals surface area contributed by atoms with E-state index < -0.39 is 0 Å². The second kappa shape index (κ2) is 3.99. The van der Waals surface area contributed by atoms with E-state index in [1.54, 1.807) is 0 Å². The van der Waals surface area contributed by atoms with Gasteiger partial charge in [-0.1, -0.05) is 6.92 Å². The first-order valence-electron chi connectivity index (χ1n) is 4.36. The minimum atomic E-state index is -0.364. The van der Waals surface area contributed by atoms with Crippen molar-refractivity contribution < 1.29 is 9.47 Å². The molecule has 1 rings (SSSR count). The first-order chi connectivity index (χ1) is 5.55. The van der Waals surface area contributed by atoms with Gasteiger partial charge in [-0.15, -0.1) is 0 Å². The molecule has 1 saturated heterocycles. The average molecular weight is 190 g/mol. The highest BCUT2D eigenvalue weighted by Crippen LogP contribution is 2.27. The lowest BCUT2D eigenvalue weighted by Gasteiger charge is -2.20. The highest BCUT2D eigenvalue weighted by molar-refractivity contribution is 7.98. The van der Waals surface area contributed by atoms with Crippen LogP contribution in [0.1, 0.15) is 20.8 Å². The summed E-state index contributed by atoms with van der Waals surface area (Å²) in [7, 11) is 0. The van der Waals surface area contributed by atoms with E-state index in [2.05, 4.69) is 13.2 Å². The van der Waals surface area contributed by atoms with Crippen LogP contribution in [0.2, 0.25) is 0 Å². The molecule has 1 aliphatic rings. The summed E-state index contributed by atoms with van der Waals surface area (Å²) in [6.07, 6.45) is 2.41. The van der Waals surface area contributed by atoms with Crippen molar-refractivity contribution in [2.24, 2.45) is 5.92 Å². The Labute approximate surface area is 79.0 Å². The molecular formula is C9H18O2S. The molecule has 0 amide bonds. The smallest absolute Gasteiger partial charge is 0.163 e. The Kier molecular flexibility index (Phi) is 3.44. The van der Waals surface area contributed by atoms with Crippen molar-refractivity contribution >= 4 is 11.8 Å². The first-order valence-corrected chi connectivity index (χ1v) is 5.75. The molecule has 3 heteroatoms. The van der Waals surface area contributed by atoms with Crippen LogP contribution in [-0.4, -0.2) is 30.5 Å². The van der Waals surface area contributed by atoms with Crippen LogP contribution < -0.4 is 0 Å². The summed E-state index contributed by atoms with van der Waals surface area (Å²) in [6, 6.07) is 0. The van der Waals surface area contributed by atoms with E-state index in [9.17, 15) is 0 Å². The third-order valence-corrected chi connectivity index (χ3v) is 2.95. The van der Waals surface area contributed by atoms with Crippen LogP contribution in [0.5, 0.6) is 0 Å². The molecule has 0 aromatic carbocycles. The van der Waals surface area contributed by atoms with Gasteiger partial charge in [0.05, 0.1) is 12.7 Å². The summed E-state index contributed by atoms with van der Waals surface area (Å²) in [6.45, 7) is 6.90. The van der Waals surface area contributed by atoms with Crippen molar-refractivity contribution in [2.75, 3.05) is 18.6 Å². The molecular weight excluding hydrogens is 172 g/mol. The normalized spacial score (nSPS) is 30.5. The van der Waals surface area contributed by atoms with Crippen LogP contribution in [0.25, 0.3) is 0 Å². The van der Waals surface area contributed by atoms with Gasteiger partial charge in [0.2, 0.25) is 0 Å². The summed E-state index contributed by atoms with van der Waals surface area (Å²) < 4.78 is 11.2. The molecule has 0 aromatic heterocycles. The fraction of sp³-hybridized carbons (Fsp3) is 1.00. The molecule has 0 radical (unpaired) electrons. The molecule has 72 valence electrons. The standard InChI is InChI=1S/C9H18O2S/c1-7(6-12-4)8-5-10-9(2,3)11-8/h7-8H,5-6H2,1-4H3/t7-,8+/m0/s1. The molecule has 0 bridgehead atoms. The van der Waals surface area contributed by atoms with Crippen molar-refractivity contribution in [2.45, 2.75) is 32.7 Å². The molecule has 0 aromatic rings. The Hall–Kier alpha value is 0.270. The van der Waals surface area contributed by atoms with Gasteiger partial charge >= 0.3 is 0 Å². The van der Waals surface area contributed by atoms with Gasteiger partial charge in [-0.3, -0.25) is 0 Å². The summed E-state index contributed by atoms with van der Waals surface area (Å²) in [4.78, 5) is 0. The third-order valence-electron chi connectivity index (χ3n) is 2.09. The Morgan fingerprint density at radius 2 is 2.25 bits per heavy atom. The van der Waals surface area contributed by atoms with E-state index in [0.717, 1.165) is 12.4 Å². The lowest BCUT2D eigenvalue weighted by atomic mass is 10.1. The Balaban J connectivity index is 2.36. The molecule has 0 unspecified atom stereocenters. The molecule has 2 atom stereocenters. The SMILES string of the molecule is CSC[C@H](C)[C@H]1COC(C)(C)O1. The molecule has 0 aliphatic carbocycles. The van der Waals surface area contributed by atoms with Gasteiger partial charge in [0, 0.05) is 0 Å². The van der Waals surface area contributed by atoms with Gasteiger partial charge in [-0.2, -0.15) is 11.8 Å². The van der Waals surface area contributed by atoms with Crippen LogP contribution in [0, 0.1) is 5.92 Å². The monoisotopic (exact) mass is 190 g/mol. The van der Waals surface area contributed by atoms with E-state index in [1.807, 2.05) is 25.6 Å². The lowest BCUT2D eigenvalue weighted by molar-refractivity contribution is -0.142. The fourth-order valence-electron chi connectivity index (χ4n) is 1.37. The van der Waals surface area contributed by atoms with Gasteiger partial charge in [0.25, 0.3) is 0 Å². The zero-order valence-corrected chi connectivity index (χ0v) is 9.11. The highest BCUT2D eigenvalue weighted by Gasteiger charge is 2.35. The third kappa shape index (κ3) is 2.64. The van der Waals surface area contributed by atoms with Gasteiger partial charge in [-0.05, 0) is 31.8 Å². The topological polar surface area (TPSA) is 18.5 Å². The van der Waals surface area contributed by atoms with Gasteiger partial charge in [0.15, 0.2) is 5.79 Å². The largest absolute Gasteiger partial charge is 0.348 e. The van der Waals surface area contributed by atoms with Crippen LogP contribution in [-0.2, 0) is 9.47 Å². The van der Waals surface area contributed by atoms with E-state index in [4.69, 9.17) is 9.47 Å². The summed E-state index contributed by atoms with van der Waals surface area (Å²) in [5.74, 6) is 1.36. The molecule has 0 N–H and O–H groups in total. The molecule has 1 heterocycles. The summed E-state index contributed by atoms with van der Waals surface area (Å²) in [5, 5.41) is 0. The zero-order chi connectivity index (χ0) is 9.19. The maximum atomic E-state index is 5.73. The van der Waals surface area contributed by atoms with Crippen LogP contribution >= 0.6 is 11.8 Å². The van der Waals surface area contributed by atoms with E-state index in [1.165, 1.54) is 0 Å². The Morgan fingerprint density at radius 3 is 2.67 bits per heavy atom. The summed E-state index contributed by atoms with van der Waals surface area (Å²) in [5.41, 5.74) is 0. The number of ether oxygens (including phenoxy) is 2. The van der Waals surface area contributed by atoms with E-state index >= 15 is 0 Å². The minimum Gasteiger partial charge on any atom is -0.348 e. The number of rotatable bonds is 3. The molecule has 1 fully saturated rings. The van der Waals surface area contributed by atoms with Crippen molar-refractivity contribution in [1.82, 2.24) is 0 Å². The van der Waals surface area contributed by atoms with Crippen molar-refractivity contribution in [3.8, 4) is 0 Å². The predicted molar refractivity (Wildman–Crippen MR) is 52.5 cm³/mol. The van der Waals surface area contributed by atoms with Gasteiger partial charge in [0.1, 0.15) is 0 Å². The quantitative estimate of drug-likeness (QED) is 0.679. The molecule has 1 aliphatic heterocycles. The van der Waals surface area contributed by atoms with Crippen molar-refractivity contribution in [3.63, 3.8) is 0 Å². The zero-order valence-electron chi connectivity index (χ0n) is 8.29. The Morgan fingerprint density at radius 1 is 1.58 bits per heavy atom. The maximum absolute atomic E-state index is 5.73. The van der Waals surface area contributed by atoms with E-state index in [-0.39, 0.29) is 11.9 Å². The number of hydrogen-bond acceptors (Lipinski definition) is 3. The van der Waals surface area contributed by atoms with Crippen LogP contribution in [0.4, 0.5) is 0 Å². The van der Waals surface area contributed by atoms with E-state index in [0.29, 0.717) is 5.92 Å². The summed E-state index contributed by atoms with van der Waals surface area (Å²) >= 11 is 1.86. The maximum Gasteiger partial charge on any atom is 0.163 e. The lowest BCUT2D eigenvalue weighted by Crippen LogP contribution is -2.26. The highest BCUT2D eigenvalue weighted by atomic mass is 32.2. The van der Waals surface area contributed by atoms with Crippen LogP contribution in [0.15, 0.2) is 0 Å².